The third kappa shape index (κ3) is 7.82. The highest BCUT2D eigenvalue weighted by Gasteiger charge is 2.48. The Bertz CT molecular complexity index is 1090. The molecule has 0 amide bonds. The summed E-state index contributed by atoms with van der Waals surface area (Å²) in [7, 11) is -0.799. The van der Waals surface area contributed by atoms with E-state index in [-0.39, 0.29) is 6.61 Å². The van der Waals surface area contributed by atoms with Crippen molar-refractivity contribution in [3.8, 4) is 0 Å². The molecule has 198 valence electrons. The number of rotatable bonds is 13. The molecule has 1 heterocycles. The summed E-state index contributed by atoms with van der Waals surface area (Å²) in [6.07, 6.45) is -1.14. The van der Waals surface area contributed by atoms with Gasteiger partial charge in [-0.1, -0.05) is 91.0 Å². The van der Waals surface area contributed by atoms with Crippen LogP contribution in [0.3, 0.4) is 0 Å². The van der Waals surface area contributed by atoms with Gasteiger partial charge >= 0.3 is 7.60 Å². The summed E-state index contributed by atoms with van der Waals surface area (Å²) in [6, 6.07) is 29.8. The van der Waals surface area contributed by atoms with E-state index in [9.17, 15) is 4.57 Å². The molecule has 1 aliphatic heterocycles. The van der Waals surface area contributed by atoms with Gasteiger partial charge in [-0.25, -0.2) is 0 Å². The van der Waals surface area contributed by atoms with E-state index in [1.807, 2.05) is 91.0 Å². The van der Waals surface area contributed by atoms with Crippen LogP contribution >= 0.6 is 7.60 Å². The summed E-state index contributed by atoms with van der Waals surface area (Å²) in [6.45, 7) is 1.40. The second-order valence-electron chi connectivity index (χ2n) is 8.87. The number of hydrogen-bond donors (Lipinski definition) is 0. The van der Waals surface area contributed by atoms with Crippen molar-refractivity contribution in [3.05, 3.63) is 108 Å². The fourth-order valence-corrected chi connectivity index (χ4v) is 5.73. The molecule has 0 unspecified atom stereocenters. The van der Waals surface area contributed by atoms with Crippen molar-refractivity contribution in [2.75, 3.05) is 20.8 Å². The highest BCUT2D eigenvalue weighted by Crippen LogP contribution is 2.56. The minimum atomic E-state index is -3.53. The Kier molecular flexibility index (Phi) is 10.5. The van der Waals surface area contributed by atoms with Gasteiger partial charge in [0.05, 0.1) is 32.5 Å². The molecule has 3 aromatic rings. The van der Waals surface area contributed by atoms with E-state index in [2.05, 4.69) is 0 Å². The average Bonchev–Trinajstić information content (AvgIpc) is 2.96. The Morgan fingerprint density at radius 1 is 0.730 bits per heavy atom. The van der Waals surface area contributed by atoms with Gasteiger partial charge in [-0.3, -0.25) is 4.57 Å². The van der Waals surface area contributed by atoms with Gasteiger partial charge in [0.2, 0.25) is 0 Å². The molecule has 37 heavy (non-hydrogen) atoms. The predicted octanol–water partition coefficient (Wildman–Crippen LogP) is 5.97. The Morgan fingerprint density at radius 3 is 1.73 bits per heavy atom. The first-order valence-electron chi connectivity index (χ1n) is 12.4. The number of ether oxygens (including phenoxy) is 4. The predicted molar refractivity (Wildman–Crippen MR) is 141 cm³/mol. The van der Waals surface area contributed by atoms with Crippen LogP contribution in [0.15, 0.2) is 91.0 Å². The third-order valence-electron chi connectivity index (χ3n) is 6.35. The fraction of sp³-hybridized carbons (Fsp3) is 0.379. The first-order valence-corrected chi connectivity index (χ1v) is 14.0. The molecule has 0 N–H and O–H groups in total. The Labute approximate surface area is 219 Å². The SMILES string of the molecule is COP(=O)(OC)[C@H]1C[C@@H](OCc2ccccc2)[C@H](OCc2ccccc2)[C@@H](COCc2ccccc2)O1. The van der Waals surface area contributed by atoms with E-state index in [0.717, 1.165) is 16.7 Å². The smallest absolute Gasteiger partial charge is 0.358 e. The highest BCUT2D eigenvalue weighted by atomic mass is 31.2. The first-order chi connectivity index (χ1) is 18.1. The molecule has 8 heteroatoms. The zero-order valence-electron chi connectivity index (χ0n) is 21.3. The molecular weight excluding hydrogens is 491 g/mol. The van der Waals surface area contributed by atoms with E-state index < -0.39 is 31.8 Å². The summed E-state index contributed by atoms with van der Waals surface area (Å²) in [4.78, 5) is 0. The van der Waals surface area contributed by atoms with Crippen molar-refractivity contribution in [3.63, 3.8) is 0 Å². The summed E-state index contributed by atoms with van der Waals surface area (Å²) in [5.74, 6) is -0.815. The van der Waals surface area contributed by atoms with Gasteiger partial charge in [-0.15, -0.1) is 0 Å². The molecular formula is C29H35O7P. The van der Waals surface area contributed by atoms with Crippen molar-refractivity contribution in [1.82, 2.24) is 0 Å². The van der Waals surface area contributed by atoms with Crippen LogP contribution in [0, 0.1) is 0 Å². The molecule has 1 saturated heterocycles. The van der Waals surface area contributed by atoms with Crippen LogP contribution in [-0.4, -0.2) is 45.0 Å². The highest BCUT2D eigenvalue weighted by molar-refractivity contribution is 7.54. The van der Waals surface area contributed by atoms with Crippen molar-refractivity contribution in [2.45, 2.75) is 50.4 Å². The molecule has 0 saturated carbocycles. The lowest BCUT2D eigenvalue weighted by molar-refractivity contribution is -0.208. The molecule has 0 bridgehead atoms. The van der Waals surface area contributed by atoms with Crippen LogP contribution in [0.5, 0.6) is 0 Å². The molecule has 0 radical (unpaired) electrons. The van der Waals surface area contributed by atoms with E-state index in [4.69, 9.17) is 28.0 Å². The maximum Gasteiger partial charge on any atom is 0.358 e. The zero-order chi connectivity index (χ0) is 25.9. The van der Waals surface area contributed by atoms with Crippen molar-refractivity contribution >= 4 is 7.60 Å². The molecule has 4 rings (SSSR count). The van der Waals surface area contributed by atoms with Gasteiger partial charge in [0.1, 0.15) is 12.2 Å². The van der Waals surface area contributed by atoms with Crippen LogP contribution in [0.25, 0.3) is 0 Å². The lowest BCUT2D eigenvalue weighted by Crippen LogP contribution is -2.52. The second kappa shape index (κ2) is 14.0. The molecule has 1 fully saturated rings. The van der Waals surface area contributed by atoms with E-state index in [1.165, 1.54) is 14.2 Å². The topological polar surface area (TPSA) is 72.5 Å². The van der Waals surface area contributed by atoms with E-state index >= 15 is 0 Å². The molecule has 0 aliphatic carbocycles. The molecule has 0 spiro atoms. The Hall–Kier alpha value is -2.35. The van der Waals surface area contributed by atoms with Crippen molar-refractivity contribution < 1.29 is 32.6 Å². The lowest BCUT2D eigenvalue weighted by Gasteiger charge is -2.42. The first kappa shape index (κ1) is 27.7. The van der Waals surface area contributed by atoms with Gasteiger partial charge in [0, 0.05) is 20.6 Å². The maximum absolute atomic E-state index is 13.3. The summed E-state index contributed by atoms with van der Waals surface area (Å²) >= 11 is 0. The summed E-state index contributed by atoms with van der Waals surface area (Å²) in [5, 5.41) is 0. The molecule has 7 nitrogen and oxygen atoms in total. The number of hydrogen-bond acceptors (Lipinski definition) is 7. The van der Waals surface area contributed by atoms with E-state index in [0.29, 0.717) is 26.2 Å². The van der Waals surface area contributed by atoms with Gasteiger partial charge in [-0.2, -0.15) is 0 Å². The average molecular weight is 527 g/mol. The molecule has 0 aromatic heterocycles. The van der Waals surface area contributed by atoms with Crippen LogP contribution < -0.4 is 0 Å². The Balaban J connectivity index is 1.54. The van der Waals surface area contributed by atoms with Gasteiger partial charge in [0.25, 0.3) is 0 Å². The molecule has 4 atom stereocenters. The van der Waals surface area contributed by atoms with Crippen LogP contribution in [-0.2, 0) is 52.4 Å². The quantitative estimate of drug-likeness (QED) is 0.254. The minimum absolute atomic E-state index is 0.226. The van der Waals surface area contributed by atoms with Crippen molar-refractivity contribution in [1.29, 1.82) is 0 Å². The second-order valence-corrected chi connectivity index (χ2v) is 11.3. The van der Waals surface area contributed by atoms with Gasteiger partial charge in [-0.05, 0) is 16.7 Å². The fourth-order valence-electron chi connectivity index (χ4n) is 4.34. The lowest BCUT2D eigenvalue weighted by atomic mass is 10.0. The van der Waals surface area contributed by atoms with Crippen LogP contribution in [0.4, 0.5) is 0 Å². The monoisotopic (exact) mass is 526 g/mol. The summed E-state index contributed by atoms with van der Waals surface area (Å²) in [5.41, 5.74) is 3.12. The van der Waals surface area contributed by atoms with Gasteiger partial charge in [0.15, 0.2) is 5.85 Å². The Morgan fingerprint density at radius 2 is 1.22 bits per heavy atom. The van der Waals surface area contributed by atoms with E-state index in [1.54, 1.807) is 0 Å². The zero-order valence-corrected chi connectivity index (χ0v) is 22.2. The van der Waals surface area contributed by atoms with Gasteiger partial charge < -0.3 is 28.0 Å². The normalized spacial score (nSPS) is 22.1. The van der Waals surface area contributed by atoms with Crippen LogP contribution in [0.2, 0.25) is 0 Å². The number of benzene rings is 3. The maximum atomic E-state index is 13.3. The standard InChI is InChI=1S/C29H35O7P/c1-31-37(30,32-2)28-18-26(34-20-24-14-8-4-9-15-24)29(35-21-25-16-10-5-11-17-25)27(36-28)22-33-19-23-12-6-3-7-13-23/h3-17,26-29H,18-22H2,1-2H3/t26-,27-,28+,29+/m1/s1. The van der Waals surface area contributed by atoms with Crippen LogP contribution in [0.1, 0.15) is 23.1 Å². The summed E-state index contributed by atoms with van der Waals surface area (Å²) < 4.78 is 49.1. The minimum Gasteiger partial charge on any atom is -0.374 e. The third-order valence-corrected chi connectivity index (χ3v) is 8.40. The molecule has 3 aromatic carbocycles. The molecule has 1 aliphatic rings. The largest absolute Gasteiger partial charge is 0.374 e. The van der Waals surface area contributed by atoms with Crippen molar-refractivity contribution in [2.24, 2.45) is 0 Å².